The van der Waals surface area contributed by atoms with Gasteiger partial charge in [0.15, 0.2) is 0 Å². The van der Waals surface area contributed by atoms with Gasteiger partial charge >= 0.3 is 5.69 Å². The fraction of sp³-hybridized carbons (Fsp3) is 0.0769. The third-order valence-corrected chi connectivity index (χ3v) is 3.02. The minimum Gasteiger partial charge on any atom is -0.378 e. The lowest BCUT2D eigenvalue weighted by Gasteiger charge is -2.04. The molecule has 0 radical (unpaired) electrons. The van der Waals surface area contributed by atoms with Gasteiger partial charge in [-0.25, -0.2) is 4.68 Å². The number of benzene rings is 1. The van der Waals surface area contributed by atoms with Crippen molar-refractivity contribution < 1.29 is 4.92 Å². The van der Waals surface area contributed by atoms with Crippen LogP contribution in [0.15, 0.2) is 42.6 Å². The molecule has 0 amide bonds. The van der Waals surface area contributed by atoms with Crippen LogP contribution in [0, 0.1) is 10.1 Å². The normalized spacial score (nSPS) is 10.8. The molecular weight excluding hydrogens is 258 g/mol. The van der Waals surface area contributed by atoms with E-state index in [0.29, 0.717) is 6.54 Å². The van der Waals surface area contributed by atoms with E-state index in [0.717, 1.165) is 22.8 Å². The van der Waals surface area contributed by atoms with E-state index >= 15 is 0 Å². The Morgan fingerprint density at radius 2 is 2.05 bits per heavy atom. The first-order valence-electron chi connectivity index (χ1n) is 5.95. The Balaban J connectivity index is 1.95. The topological polar surface area (TPSA) is 99.9 Å². The van der Waals surface area contributed by atoms with Crippen molar-refractivity contribution in [2.45, 2.75) is 6.54 Å². The highest BCUT2D eigenvalue weighted by Crippen LogP contribution is 2.21. The summed E-state index contributed by atoms with van der Waals surface area (Å²) in [5.41, 5.74) is 7.12. The summed E-state index contributed by atoms with van der Waals surface area (Å²) in [6, 6.07) is 11.5. The van der Waals surface area contributed by atoms with Crippen LogP contribution in [0.25, 0.3) is 10.9 Å². The number of nitrogens with zero attached hydrogens (tertiary/aromatic N) is 4. The van der Waals surface area contributed by atoms with E-state index in [1.807, 2.05) is 36.4 Å². The third-order valence-electron chi connectivity index (χ3n) is 3.02. The second-order valence-corrected chi connectivity index (χ2v) is 4.33. The number of nitrogen functional groups attached to an aromatic ring is 1. The van der Waals surface area contributed by atoms with E-state index < -0.39 is 4.92 Å². The Bertz CT molecular complexity index is 796. The molecule has 0 aliphatic carbocycles. The second-order valence-electron chi connectivity index (χ2n) is 4.33. The number of rotatable bonds is 3. The van der Waals surface area contributed by atoms with Crippen LogP contribution in [0.4, 0.5) is 11.5 Å². The molecule has 0 bridgehead atoms. The summed E-state index contributed by atoms with van der Waals surface area (Å²) in [6.07, 6.45) is 1.15. The van der Waals surface area contributed by atoms with Gasteiger partial charge in [-0.2, -0.15) is 5.10 Å². The summed E-state index contributed by atoms with van der Waals surface area (Å²) < 4.78 is 1.37. The maximum Gasteiger partial charge on any atom is 0.330 e. The molecule has 0 spiro atoms. The summed E-state index contributed by atoms with van der Waals surface area (Å²) in [5, 5.41) is 15.7. The van der Waals surface area contributed by atoms with E-state index in [1.54, 1.807) is 0 Å². The van der Waals surface area contributed by atoms with Crippen molar-refractivity contribution in [3.8, 4) is 0 Å². The van der Waals surface area contributed by atoms with Crippen LogP contribution in [0.2, 0.25) is 0 Å². The largest absolute Gasteiger partial charge is 0.378 e. The molecule has 0 aliphatic rings. The maximum atomic E-state index is 10.7. The van der Waals surface area contributed by atoms with Crippen molar-refractivity contribution in [3.05, 3.63) is 58.4 Å². The summed E-state index contributed by atoms with van der Waals surface area (Å²) in [5.74, 6) is 0.0324. The lowest BCUT2D eigenvalue weighted by Crippen LogP contribution is -2.07. The lowest BCUT2D eigenvalue weighted by atomic mass is 10.2. The second kappa shape index (κ2) is 4.61. The fourth-order valence-electron chi connectivity index (χ4n) is 2.00. The zero-order valence-electron chi connectivity index (χ0n) is 10.4. The molecular formula is C13H11N5O2. The van der Waals surface area contributed by atoms with Crippen LogP contribution >= 0.6 is 0 Å². The smallest absolute Gasteiger partial charge is 0.330 e. The maximum absolute atomic E-state index is 10.7. The summed E-state index contributed by atoms with van der Waals surface area (Å²) in [6.45, 7) is 0.296. The molecule has 20 heavy (non-hydrogen) atoms. The molecule has 7 nitrogen and oxygen atoms in total. The number of aromatic nitrogens is 3. The quantitative estimate of drug-likeness (QED) is 0.578. The number of anilines is 1. The summed E-state index contributed by atoms with van der Waals surface area (Å²) in [7, 11) is 0. The number of pyridine rings is 1. The van der Waals surface area contributed by atoms with Gasteiger partial charge in [-0.3, -0.25) is 15.1 Å². The van der Waals surface area contributed by atoms with Gasteiger partial charge in [0, 0.05) is 5.39 Å². The molecule has 2 aromatic heterocycles. The Morgan fingerprint density at radius 1 is 1.25 bits per heavy atom. The van der Waals surface area contributed by atoms with Crippen LogP contribution in [0.3, 0.4) is 0 Å². The van der Waals surface area contributed by atoms with Crippen molar-refractivity contribution in [2.24, 2.45) is 0 Å². The first-order chi connectivity index (χ1) is 9.65. The van der Waals surface area contributed by atoms with Crippen molar-refractivity contribution >= 4 is 22.4 Å². The van der Waals surface area contributed by atoms with Crippen molar-refractivity contribution in [1.29, 1.82) is 0 Å². The summed E-state index contributed by atoms with van der Waals surface area (Å²) >= 11 is 0. The highest BCUT2D eigenvalue weighted by molar-refractivity contribution is 5.78. The standard InChI is InChI=1S/C13H11N5O2/c14-13-12(18(19)20)7-15-17(13)8-10-6-5-9-3-1-2-4-11(9)16-10/h1-7H,8,14H2. The van der Waals surface area contributed by atoms with Gasteiger partial charge in [-0.15, -0.1) is 0 Å². The Labute approximate surface area is 113 Å². The molecule has 7 heteroatoms. The Hall–Kier alpha value is -2.96. The highest BCUT2D eigenvalue weighted by Gasteiger charge is 2.17. The van der Waals surface area contributed by atoms with Gasteiger partial charge < -0.3 is 5.73 Å². The minimum atomic E-state index is -0.549. The Kier molecular flexibility index (Phi) is 2.79. The lowest BCUT2D eigenvalue weighted by molar-refractivity contribution is -0.384. The molecule has 1 aromatic carbocycles. The fourth-order valence-corrected chi connectivity index (χ4v) is 2.00. The SMILES string of the molecule is Nc1c([N+](=O)[O-])cnn1Cc1ccc2ccccc2n1. The van der Waals surface area contributed by atoms with Crippen LogP contribution in [0.5, 0.6) is 0 Å². The minimum absolute atomic E-state index is 0.0324. The Morgan fingerprint density at radius 3 is 2.80 bits per heavy atom. The first kappa shape index (κ1) is 12.1. The predicted octanol–water partition coefficient (Wildman–Crippen LogP) is 1.97. The molecule has 3 rings (SSSR count). The molecule has 0 unspecified atom stereocenters. The monoisotopic (exact) mass is 269 g/mol. The van der Waals surface area contributed by atoms with Gasteiger partial charge in [0.25, 0.3) is 0 Å². The third kappa shape index (κ3) is 2.05. The molecule has 2 heterocycles. The van der Waals surface area contributed by atoms with Crippen LogP contribution in [0.1, 0.15) is 5.69 Å². The van der Waals surface area contributed by atoms with Gasteiger partial charge in [0.2, 0.25) is 5.82 Å². The van der Waals surface area contributed by atoms with Crippen molar-refractivity contribution in [1.82, 2.24) is 14.8 Å². The molecule has 2 N–H and O–H groups in total. The van der Waals surface area contributed by atoms with E-state index in [9.17, 15) is 10.1 Å². The average molecular weight is 269 g/mol. The van der Waals surface area contributed by atoms with Crippen LogP contribution in [-0.2, 0) is 6.54 Å². The van der Waals surface area contributed by atoms with Crippen LogP contribution < -0.4 is 5.73 Å². The summed E-state index contributed by atoms with van der Waals surface area (Å²) in [4.78, 5) is 14.6. The van der Waals surface area contributed by atoms with Gasteiger partial charge in [-0.05, 0) is 12.1 Å². The molecule has 0 saturated carbocycles. The molecule has 0 fully saturated rings. The number of hydrogen-bond donors (Lipinski definition) is 1. The van der Waals surface area contributed by atoms with Gasteiger partial charge in [0.05, 0.1) is 22.7 Å². The highest BCUT2D eigenvalue weighted by atomic mass is 16.6. The predicted molar refractivity (Wildman–Crippen MR) is 74.1 cm³/mol. The van der Waals surface area contributed by atoms with Crippen LogP contribution in [-0.4, -0.2) is 19.7 Å². The van der Waals surface area contributed by atoms with E-state index in [-0.39, 0.29) is 11.5 Å². The number of para-hydroxylation sites is 1. The molecule has 0 aliphatic heterocycles. The molecule has 0 atom stereocenters. The molecule has 3 aromatic rings. The number of hydrogen-bond acceptors (Lipinski definition) is 5. The molecule has 100 valence electrons. The van der Waals surface area contributed by atoms with E-state index in [4.69, 9.17) is 5.73 Å². The number of nitro groups is 1. The first-order valence-corrected chi connectivity index (χ1v) is 5.95. The van der Waals surface area contributed by atoms with Gasteiger partial charge in [-0.1, -0.05) is 24.3 Å². The van der Waals surface area contributed by atoms with Crippen molar-refractivity contribution in [2.75, 3.05) is 5.73 Å². The van der Waals surface area contributed by atoms with E-state index in [1.165, 1.54) is 4.68 Å². The van der Waals surface area contributed by atoms with Gasteiger partial charge in [0.1, 0.15) is 6.20 Å². The van der Waals surface area contributed by atoms with Crippen molar-refractivity contribution in [3.63, 3.8) is 0 Å². The average Bonchev–Trinajstić information content (AvgIpc) is 2.80. The zero-order chi connectivity index (χ0) is 14.1. The number of fused-ring (bicyclic) bond motifs is 1. The molecule has 0 saturated heterocycles. The van der Waals surface area contributed by atoms with E-state index in [2.05, 4.69) is 10.1 Å². The number of nitrogens with two attached hydrogens (primary N) is 1. The zero-order valence-corrected chi connectivity index (χ0v) is 10.4.